The predicted molar refractivity (Wildman–Crippen MR) is 95.2 cm³/mol. The van der Waals surface area contributed by atoms with Crippen LogP contribution in [0.3, 0.4) is 0 Å². The number of hydrogen-bond donors (Lipinski definition) is 1. The van der Waals surface area contributed by atoms with Crippen molar-refractivity contribution in [1.29, 1.82) is 0 Å². The van der Waals surface area contributed by atoms with Crippen LogP contribution in [-0.4, -0.2) is 18.2 Å². The Morgan fingerprint density at radius 3 is 2.75 bits per heavy atom. The van der Waals surface area contributed by atoms with Gasteiger partial charge >= 0.3 is 0 Å². The molecule has 0 spiro atoms. The van der Waals surface area contributed by atoms with Crippen LogP contribution in [0.2, 0.25) is 5.02 Å². The summed E-state index contributed by atoms with van der Waals surface area (Å²) in [6, 6.07) is 8.74. The number of rotatable bonds is 4. The monoisotopic (exact) mass is 362 g/mol. The number of benzene rings is 1. The number of amides is 1. The van der Waals surface area contributed by atoms with Gasteiger partial charge in [-0.1, -0.05) is 16.8 Å². The van der Waals surface area contributed by atoms with E-state index in [9.17, 15) is 4.79 Å². The van der Waals surface area contributed by atoms with Crippen LogP contribution in [0.5, 0.6) is 5.75 Å². The number of methoxy groups -OCH3 is 1. The highest BCUT2D eigenvalue weighted by Crippen LogP contribution is 2.34. The zero-order valence-corrected chi connectivity index (χ0v) is 14.9. The maximum atomic E-state index is 12.5. The fraction of sp³-hybridized carbons (Fsp3) is 0.176. The lowest BCUT2D eigenvalue weighted by Crippen LogP contribution is -2.11. The number of hydrogen-bond acceptors (Lipinski definition) is 5. The average Bonchev–Trinajstić information content (AvgIpc) is 3.14. The van der Waals surface area contributed by atoms with Crippen molar-refractivity contribution in [2.24, 2.45) is 0 Å². The number of anilines is 1. The molecule has 0 saturated heterocycles. The molecule has 2 aromatic heterocycles. The Kier molecular flexibility index (Phi) is 4.59. The van der Waals surface area contributed by atoms with Gasteiger partial charge in [-0.15, -0.1) is 11.3 Å². The molecule has 0 unspecified atom stereocenters. The van der Waals surface area contributed by atoms with Crippen molar-refractivity contribution in [3.05, 3.63) is 51.7 Å². The highest BCUT2D eigenvalue weighted by molar-refractivity contribution is 7.17. The molecular formula is C17H15ClN2O3S. The second-order valence-electron chi connectivity index (χ2n) is 5.16. The molecule has 24 heavy (non-hydrogen) atoms. The zero-order valence-electron chi connectivity index (χ0n) is 13.3. The maximum absolute atomic E-state index is 12.5. The van der Waals surface area contributed by atoms with Crippen LogP contribution in [0, 0.1) is 13.8 Å². The number of nitrogens with one attached hydrogen (secondary N) is 1. The Balaban J connectivity index is 1.86. The first kappa shape index (κ1) is 16.5. The molecule has 0 fully saturated rings. The predicted octanol–water partition coefficient (Wildman–Crippen LogP) is 4.93. The van der Waals surface area contributed by atoms with Crippen molar-refractivity contribution in [3.8, 4) is 16.2 Å². The minimum absolute atomic E-state index is 0.224. The Morgan fingerprint density at radius 2 is 2.08 bits per heavy atom. The lowest BCUT2D eigenvalue weighted by Gasteiger charge is -2.09. The van der Waals surface area contributed by atoms with E-state index in [4.69, 9.17) is 20.9 Å². The number of aryl methyl sites for hydroxylation is 2. The van der Waals surface area contributed by atoms with E-state index in [1.165, 1.54) is 11.3 Å². The standard InChI is InChI=1S/C17H15ClN2O3S/c1-9-16(10(2)23-20-9)14-6-7-15(24-14)17(21)19-12-8-11(18)4-5-13(12)22-3/h4-8H,1-3H3,(H,19,21). The van der Waals surface area contributed by atoms with E-state index in [2.05, 4.69) is 10.5 Å². The van der Waals surface area contributed by atoms with Crippen LogP contribution in [0.25, 0.3) is 10.4 Å². The number of aromatic nitrogens is 1. The Labute approximate surface area is 148 Å². The number of nitrogens with zero attached hydrogens (tertiary/aromatic N) is 1. The average molecular weight is 363 g/mol. The van der Waals surface area contributed by atoms with Crippen LogP contribution in [0.1, 0.15) is 21.1 Å². The molecule has 2 heterocycles. The van der Waals surface area contributed by atoms with E-state index >= 15 is 0 Å². The minimum atomic E-state index is -0.224. The van der Waals surface area contributed by atoms with Crippen molar-refractivity contribution in [2.45, 2.75) is 13.8 Å². The van der Waals surface area contributed by atoms with Gasteiger partial charge in [-0.2, -0.15) is 0 Å². The SMILES string of the molecule is COc1ccc(Cl)cc1NC(=O)c1ccc(-c2c(C)noc2C)s1. The first-order valence-corrected chi connectivity index (χ1v) is 8.37. The van der Waals surface area contributed by atoms with Crippen LogP contribution < -0.4 is 10.1 Å². The molecule has 1 amide bonds. The smallest absolute Gasteiger partial charge is 0.265 e. The van der Waals surface area contributed by atoms with Crippen molar-refractivity contribution in [1.82, 2.24) is 5.16 Å². The molecule has 124 valence electrons. The highest BCUT2D eigenvalue weighted by atomic mass is 35.5. The summed E-state index contributed by atoms with van der Waals surface area (Å²) in [5.74, 6) is 1.06. The molecule has 3 aromatic rings. The molecule has 0 bridgehead atoms. The Hall–Kier alpha value is -2.31. The molecule has 0 radical (unpaired) electrons. The summed E-state index contributed by atoms with van der Waals surface area (Å²) in [6.45, 7) is 3.73. The zero-order chi connectivity index (χ0) is 17.3. The fourth-order valence-corrected chi connectivity index (χ4v) is 3.61. The van der Waals surface area contributed by atoms with Gasteiger partial charge in [0.05, 0.1) is 28.9 Å². The molecule has 0 aliphatic rings. The molecule has 0 saturated carbocycles. The van der Waals surface area contributed by atoms with E-state index in [0.717, 1.165) is 21.9 Å². The number of carbonyl (C=O) groups excluding carboxylic acids is 1. The molecule has 3 rings (SSSR count). The third-order valence-corrected chi connectivity index (χ3v) is 4.86. The summed E-state index contributed by atoms with van der Waals surface area (Å²) in [5.41, 5.74) is 2.26. The fourth-order valence-electron chi connectivity index (χ4n) is 2.39. The van der Waals surface area contributed by atoms with Crippen molar-refractivity contribution in [2.75, 3.05) is 12.4 Å². The van der Waals surface area contributed by atoms with E-state index in [1.54, 1.807) is 31.4 Å². The van der Waals surface area contributed by atoms with E-state index in [0.29, 0.717) is 21.3 Å². The van der Waals surface area contributed by atoms with Gasteiger partial charge in [0, 0.05) is 9.90 Å². The summed E-state index contributed by atoms with van der Waals surface area (Å²) >= 11 is 7.37. The largest absolute Gasteiger partial charge is 0.495 e. The van der Waals surface area contributed by atoms with Gasteiger partial charge in [-0.25, -0.2) is 0 Å². The summed E-state index contributed by atoms with van der Waals surface area (Å²) in [7, 11) is 1.54. The molecule has 0 atom stereocenters. The second kappa shape index (κ2) is 6.67. The van der Waals surface area contributed by atoms with Crippen LogP contribution in [0.15, 0.2) is 34.9 Å². The van der Waals surface area contributed by atoms with Crippen molar-refractivity contribution < 1.29 is 14.1 Å². The number of ether oxygens (including phenoxy) is 1. The topological polar surface area (TPSA) is 64.4 Å². The summed E-state index contributed by atoms with van der Waals surface area (Å²) in [5, 5.41) is 7.30. The lowest BCUT2D eigenvalue weighted by molar-refractivity contribution is 0.103. The van der Waals surface area contributed by atoms with Crippen LogP contribution >= 0.6 is 22.9 Å². The van der Waals surface area contributed by atoms with Gasteiger partial charge in [-0.05, 0) is 44.2 Å². The molecule has 0 aliphatic carbocycles. The first-order chi connectivity index (χ1) is 11.5. The van der Waals surface area contributed by atoms with Gasteiger partial charge in [0.25, 0.3) is 5.91 Å². The molecular weight excluding hydrogens is 348 g/mol. The van der Waals surface area contributed by atoms with Crippen LogP contribution in [-0.2, 0) is 0 Å². The summed E-state index contributed by atoms with van der Waals surface area (Å²) in [6.07, 6.45) is 0. The summed E-state index contributed by atoms with van der Waals surface area (Å²) in [4.78, 5) is 14.0. The van der Waals surface area contributed by atoms with Crippen LogP contribution in [0.4, 0.5) is 5.69 Å². The minimum Gasteiger partial charge on any atom is -0.495 e. The van der Waals surface area contributed by atoms with E-state index in [-0.39, 0.29) is 5.91 Å². The Bertz CT molecular complexity index is 882. The summed E-state index contributed by atoms with van der Waals surface area (Å²) < 4.78 is 10.4. The van der Waals surface area contributed by atoms with Gasteiger partial charge in [0.1, 0.15) is 11.5 Å². The van der Waals surface area contributed by atoms with Gasteiger partial charge in [0.15, 0.2) is 0 Å². The number of thiophene rings is 1. The lowest BCUT2D eigenvalue weighted by atomic mass is 10.2. The van der Waals surface area contributed by atoms with Gasteiger partial charge < -0.3 is 14.6 Å². The van der Waals surface area contributed by atoms with Gasteiger partial charge in [-0.3, -0.25) is 4.79 Å². The molecule has 7 heteroatoms. The second-order valence-corrected chi connectivity index (χ2v) is 6.68. The third kappa shape index (κ3) is 3.16. The van der Waals surface area contributed by atoms with Crippen molar-refractivity contribution in [3.63, 3.8) is 0 Å². The normalized spacial score (nSPS) is 10.7. The highest BCUT2D eigenvalue weighted by Gasteiger charge is 2.17. The van der Waals surface area contributed by atoms with Gasteiger partial charge in [0.2, 0.25) is 0 Å². The first-order valence-electron chi connectivity index (χ1n) is 7.17. The molecule has 5 nitrogen and oxygen atoms in total. The number of halogens is 1. The molecule has 1 aromatic carbocycles. The maximum Gasteiger partial charge on any atom is 0.265 e. The quantitative estimate of drug-likeness (QED) is 0.714. The van der Waals surface area contributed by atoms with E-state index < -0.39 is 0 Å². The van der Waals surface area contributed by atoms with E-state index in [1.807, 2.05) is 19.9 Å². The Morgan fingerprint density at radius 1 is 1.29 bits per heavy atom. The van der Waals surface area contributed by atoms with Crippen molar-refractivity contribution >= 4 is 34.5 Å². The number of carbonyl (C=O) groups is 1. The molecule has 0 aliphatic heterocycles. The molecule has 1 N–H and O–H groups in total. The third-order valence-electron chi connectivity index (χ3n) is 3.52.